The SMILES string of the molecule is COC(=O)C(O)CNC(=O)C1COCCN1. The van der Waals surface area contributed by atoms with E-state index in [9.17, 15) is 14.7 Å². The molecule has 0 aromatic heterocycles. The van der Waals surface area contributed by atoms with E-state index in [0.717, 1.165) is 0 Å². The van der Waals surface area contributed by atoms with Gasteiger partial charge in [-0.2, -0.15) is 0 Å². The number of carbonyl (C=O) groups excluding carboxylic acids is 2. The fourth-order valence-corrected chi connectivity index (χ4v) is 1.27. The van der Waals surface area contributed by atoms with E-state index in [1.165, 1.54) is 7.11 Å². The summed E-state index contributed by atoms with van der Waals surface area (Å²) in [4.78, 5) is 22.3. The number of methoxy groups -OCH3 is 1. The highest BCUT2D eigenvalue weighted by atomic mass is 16.5. The zero-order valence-electron chi connectivity index (χ0n) is 9.06. The van der Waals surface area contributed by atoms with Crippen molar-refractivity contribution in [2.45, 2.75) is 12.1 Å². The van der Waals surface area contributed by atoms with Crippen LogP contribution in [0, 0.1) is 0 Å². The summed E-state index contributed by atoms with van der Waals surface area (Å²) in [5.41, 5.74) is 0. The molecule has 3 N–H and O–H groups in total. The van der Waals surface area contributed by atoms with Gasteiger partial charge in [-0.3, -0.25) is 4.79 Å². The third kappa shape index (κ3) is 3.76. The first-order valence-electron chi connectivity index (χ1n) is 5.00. The number of morpholine rings is 1. The zero-order valence-corrected chi connectivity index (χ0v) is 9.06. The molecule has 1 rings (SSSR count). The van der Waals surface area contributed by atoms with Crippen LogP contribution in [-0.4, -0.2) is 62.5 Å². The highest BCUT2D eigenvalue weighted by molar-refractivity contribution is 5.83. The normalized spacial score (nSPS) is 22.2. The van der Waals surface area contributed by atoms with E-state index in [0.29, 0.717) is 19.8 Å². The van der Waals surface area contributed by atoms with Crippen molar-refractivity contribution in [3.05, 3.63) is 0 Å². The molecule has 1 amide bonds. The molecule has 2 unspecified atom stereocenters. The molecule has 0 aliphatic carbocycles. The summed E-state index contributed by atoms with van der Waals surface area (Å²) < 4.78 is 9.41. The first-order valence-corrected chi connectivity index (χ1v) is 5.00. The number of esters is 1. The molecule has 0 aromatic carbocycles. The number of rotatable bonds is 4. The largest absolute Gasteiger partial charge is 0.467 e. The van der Waals surface area contributed by atoms with Crippen molar-refractivity contribution in [3.8, 4) is 0 Å². The molecule has 16 heavy (non-hydrogen) atoms. The molecule has 0 radical (unpaired) electrons. The van der Waals surface area contributed by atoms with E-state index >= 15 is 0 Å². The lowest BCUT2D eigenvalue weighted by Crippen LogP contribution is -2.52. The van der Waals surface area contributed by atoms with Crippen molar-refractivity contribution in [1.82, 2.24) is 10.6 Å². The zero-order chi connectivity index (χ0) is 12.0. The van der Waals surface area contributed by atoms with Gasteiger partial charge in [-0.05, 0) is 0 Å². The van der Waals surface area contributed by atoms with Crippen LogP contribution in [0.3, 0.4) is 0 Å². The maximum atomic E-state index is 11.5. The van der Waals surface area contributed by atoms with Gasteiger partial charge in [0.2, 0.25) is 5.91 Å². The molecule has 7 nitrogen and oxygen atoms in total. The fourth-order valence-electron chi connectivity index (χ4n) is 1.27. The van der Waals surface area contributed by atoms with Gasteiger partial charge >= 0.3 is 5.97 Å². The summed E-state index contributed by atoms with van der Waals surface area (Å²) in [7, 11) is 1.17. The maximum absolute atomic E-state index is 11.5. The average Bonchev–Trinajstić information content (AvgIpc) is 2.35. The molecule has 0 aromatic rings. The number of aliphatic hydroxyl groups excluding tert-OH is 1. The second-order valence-electron chi connectivity index (χ2n) is 3.37. The molecule has 7 heteroatoms. The Bertz CT molecular complexity index is 252. The Labute approximate surface area is 93.1 Å². The number of aliphatic hydroxyl groups is 1. The lowest BCUT2D eigenvalue weighted by Gasteiger charge is -2.23. The number of nitrogens with one attached hydrogen (secondary N) is 2. The van der Waals surface area contributed by atoms with Crippen molar-refractivity contribution in [2.24, 2.45) is 0 Å². The van der Waals surface area contributed by atoms with Crippen LogP contribution in [0.1, 0.15) is 0 Å². The standard InChI is InChI=1S/C9H16N2O5/c1-15-9(14)7(12)4-11-8(13)6-5-16-3-2-10-6/h6-7,10,12H,2-5H2,1H3,(H,11,13). The van der Waals surface area contributed by atoms with Crippen LogP contribution in [-0.2, 0) is 19.1 Å². The second kappa shape index (κ2) is 6.41. The minimum absolute atomic E-state index is 0.163. The molecule has 0 saturated carbocycles. The summed E-state index contributed by atoms with van der Waals surface area (Å²) in [6.07, 6.45) is -1.33. The molecule has 1 aliphatic heterocycles. The smallest absolute Gasteiger partial charge is 0.336 e. The minimum atomic E-state index is -1.33. The van der Waals surface area contributed by atoms with E-state index < -0.39 is 18.1 Å². The molecule has 0 spiro atoms. The maximum Gasteiger partial charge on any atom is 0.336 e. The van der Waals surface area contributed by atoms with Crippen LogP contribution in [0.4, 0.5) is 0 Å². The van der Waals surface area contributed by atoms with E-state index in [1.54, 1.807) is 0 Å². The predicted molar refractivity (Wildman–Crippen MR) is 53.6 cm³/mol. The summed E-state index contributed by atoms with van der Waals surface area (Å²) in [5.74, 6) is -1.07. The third-order valence-electron chi connectivity index (χ3n) is 2.18. The fraction of sp³-hybridized carbons (Fsp3) is 0.778. The van der Waals surface area contributed by atoms with Gasteiger partial charge in [0.1, 0.15) is 6.04 Å². The second-order valence-corrected chi connectivity index (χ2v) is 3.37. The summed E-state index contributed by atoms with van der Waals surface area (Å²) in [5, 5.41) is 14.6. The summed E-state index contributed by atoms with van der Waals surface area (Å²) >= 11 is 0. The summed E-state index contributed by atoms with van der Waals surface area (Å²) in [6, 6.07) is -0.432. The minimum Gasteiger partial charge on any atom is -0.467 e. The van der Waals surface area contributed by atoms with Gasteiger partial charge in [0.05, 0.1) is 26.9 Å². The number of hydrogen-bond donors (Lipinski definition) is 3. The van der Waals surface area contributed by atoms with Crippen LogP contribution < -0.4 is 10.6 Å². The molecule has 2 atom stereocenters. The first-order chi connectivity index (χ1) is 7.65. The Balaban J connectivity index is 2.26. The Hall–Kier alpha value is -1.18. The van der Waals surface area contributed by atoms with Gasteiger partial charge in [0.25, 0.3) is 0 Å². The lowest BCUT2D eigenvalue weighted by molar-refractivity contribution is -0.150. The van der Waals surface area contributed by atoms with Gasteiger partial charge < -0.3 is 25.2 Å². The van der Waals surface area contributed by atoms with Crippen LogP contribution in [0.2, 0.25) is 0 Å². The highest BCUT2D eigenvalue weighted by Crippen LogP contribution is 1.93. The van der Waals surface area contributed by atoms with Crippen LogP contribution in [0.25, 0.3) is 0 Å². The molecule has 0 bridgehead atoms. The van der Waals surface area contributed by atoms with Gasteiger partial charge in [0.15, 0.2) is 6.10 Å². The predicted octanol–water partition coefficient (Wildman–Crippen LogP) is -2.38. The van der Waals surface area contributed by atoms with Crippen LogP contribution in [0.5, 0.6) is 0 Å². The van der Waals surface area contributed by atoms with Crippen molar-refractivity contribution in [3.63, 3.8) is 0 Å². The molecule has 1 saturated heterocycles. The van der Waals surface area contributed by atoms with E-state index in [1.807, 2.05) is 0 Å². The molecule has 1 fully saturated rings. The molecule has 1 aliphatic rings. The number of amides is 1. The van der Waals surface area contributed by atoms with E-state index in [4.69, 9.17) is 4.74 Å². The average molecular weight is 232 g/mol. The Morgan fingerprint density at radius 2 is 2.44 bits per heavy atom. The lowest BCUT2D eigenvalue weighted by atomic mass is 10.2. The van der Waals surface area contributed by atoms with Crippen molar-refractivity contribution in [2.75, 3.05) is 33.4 Å². The van der Waals surface area contributed by atoms with Crippen molar-refractivity contribution in [1.29, 1.82) is 0 Å². The summed E-state index contributed by atoms with van der Waals surface area (Å²) in [6.45, 7) is 1.32. The molecular formula is C9H16N2O5. The van der Waals surface area contributed by atoms with Crippen molar-refractivity contribution >= 4 is 11.9 Å². The first kappa shape index (κ1) is 12.9. The number of ether oxygens (including phenoxy) is 2. The van der Waals surface area contributed by atoms with E-state index in [-0.39, 0.29) is 12.5 Å². The highest BCUT2D eigenvalue weighted by Gasteiger charge is 2.23. The Morgan fingerprint density at radius 3 is 3.00 bits per heavy atom. The molecule has 92 valence electrons. The monoisotopic (exact) mass is 232 g/mol. The molecule has 1 heterocycles. The van der Waals surface area contributed by atoms with Gasteiger partial charge in [0, 0.05) is 6.54 Å². The van der Waals surface area contributed by atoms with Gasteiger partial charge in [-0.25, -0.2) is 4.79 Å². The number of hydrogen-bond acceptors (Lipinski definition) is 6. The van der Waals surface area contributed by atoms with Gasteiger partial charge in [-0.15, -0.1) is 0 Å². The topological polar surface area (TPSA) is 96.9 Å². The third-order valence-corrected chi connectivity index (χ3v) is 2.18. The van der Waals surface area contributed by atoms with Gasteiger partial charge in [-0.1, -0.05) is 0 Å². The van der Waals surface area contributed by atoms with Crippen molar-refractivity contribution < 1.29 is 24.2 Å². The number of carbonyl (C=O) groups is 2. The Morgan fingerprint density at radius 1 is 1.69 bits per heavy atom. The quantitative estimate of drug-likeness (QED) is 0.469. The van der Waals surface area contributed by atoms with Crippen LogP contribution in [0.15, 0.2) is 0 Å². The Kier molecular flexibility index (Phi) is 5.17. The van der Waals surface area contributed by atoms with E-state index in [2.05, 4.69) is 15.4 Å². The molecular weight excluding hydrogens is 216 g/mol. The van der Waals surface area contributed by atoms with Crippen LogP contribution >= 0.6 is 0 Å².